The van der Waals surface area contributed by atoms with Gasteiger partial charge in [0, 0.05) is 37.9 Å². The number of carbonyl (C=O) groups excluding carboxylic acids is 6. The molecule has 2 fully saturated rings. The standard InChI is InChI=1S/C38H65N13O9/c1-4-21(2)29(48-31(53)24(40)18-23-19-43-20-45-23)33(55)46-25(10-5-6-14-39)35(57)51-17-9-13-28(51)36(58)50-16-8-12-27(50)32(54)49-30(22(3)52)34(56)47-26(37(59)60)11-7-15-44-38(41)42/h19-22,24-30,52H,4-18,39-40H2,1-3H3,(H,43,45)(H,46,55)(H,47,56)(H,48,53)(H,49,54)(H,59,60)(H4,41,42,44)/t21-,22+,24-,25-,26-,27-,28-,29-,30-/m0/s1. The lowest BCUT2D eigenvalue weighted by Crippen LogP contribution is -2.60. The molecule has 1 aromatic rings. The van der Waals surface area contributed by atoms with E-state index < -0.39 is 89.8 Å². The van der Waals surface area contributed by atoms with E-state index in [1.54, 1.807) is 13.1 Å². The highest BCUT2D eigenvalue weighted by Gasteiger charge is 2.45. The largest absolute Gasteiger partial charge is 0.480 e. The summed E-state index contributed by atoms with van der Waals surface area (Å²) < 4.78 is 0. The van der Waals surface area contributed by atoms with Crippen molar-refractivity contribution in [1.82, 2.24) is 41.0 Å². The molecule has 0 bridgehead atoms. The Labute approximate surface area is 349 Å². The van der Waals surface area contributed by atoms with Gasteiger partial charge in [-0.2, -0.15) is 0 Å². The molecule has 2 aliphatic rings. The second-order valence-electron chi connectivity index (χ2n) is 15.6. The van der Waals surface area contributed by atoms with Crippen molar-refractivity contribution in [1.29, 1.82) is 0 Å². The van der Waals surface area contributed by atoms with Crippen LogP contribution in [0.5, 0.6) is 0 Å². The van der Waals surface area contributed by atoms with Gasteiger partial charge in [0.25, 0.3) is 0 Å². The number of guanidine groups is 1. The lowest BCUT2D eigenvalue weighted by atomic mass is 9.96. The Balaban J connectivity index is 1.73. The number of nitrogens with zero attached hydrogens (tertiary/aromatic N) is 4. The Hall–Kier alpha value is -5.35. The first-order valence-electron chi connectivity index (χ1n) is 20.7. The molecular formula is C38H65N13O9. The van der Waals surface area contributed by atoms with Crippen molar-refractivity contribution in [2.75, 3.05) is 26.2 Å². The van der Waals surface area contributed by atoms with E-state index in [9.17, 15) is 43.8 Å². The Morgan fingerprint density at radius 3 is 2.12 bits per heavy atom. The number of aliphatic carboxylic acids is 1. The molecule has 22 nitrogen and oxygen atoms in total. The Kier molecular flexibility index (Phi) is 19.6. The number of hydrogen-bond acceptors (Lipinski definition) is 12. The average molecular weight is 848 g/mol. The summed E-state index contributed by atoms with van der Waals surface area (Å²) in [5.74, 6) is -5.59. The number of aliphatic hydroxyl groups is 1. The van der Waals surface area contributed by atoms with E-state index in [1.807, 2.05) is 6.92 Å². The van der Waals surface area contributed by atoms with Crippen molar-refractivity contribution in [3.8, 4) is 0 Å². The highest BCUT2D eigenvalue weighted by Crippen LogP contribution is 2.26. The lowest BCUT2D eigenvalue weighted by Gasteiger charge is -2.34. The van der Waals surface area contributed by atoms with E-state index in [4.69, 9.17) is 22.9 Å². The van der Waals surface area contributed by atoms with Crippen LogP contribution >= 0.6 is 0 Å². The number of aromatic nitrogens is 2. The lowest BCUT2D eigenvalue weighted by molar-refractivity contribution is -0.148. The highest BCUT2D eigenvalue weighted by molar-refractivity contribution is 5.97. The molecule has 0 aromatic carbocycles. The first-order valence-corrected chi connectivity index (χ1v) is 20.7. The van der Waals surface area contributed by atoms with Gasteiger partial charge in [0.1, 0.15) is 36.3 Å². The summed E-state index contributed by atoms with van der Waals surface area (Å²) in [6.07, 6.45) is 5.22. The van der Waals surface area contributed by atoms with E-state index >= 15 is 0 Å². The molecular weight excluding hydrogens is 782 g/mol. The first kappa shape index (κ1) is 49.0. The summed E-state index contributed by atoms with van der Waals surface area (Å²) in [5, 5.41) is 30.6. The summed E-state index contributed by atoms with van der Waals surface area (Å²) >= 11 is 0. The summed E-state index contributed by atoms with van der Waals surface area (Å²) in [5.41, 5.74) is 23.2. The predicted molar refractivity (Wildman–Crippen MR) is 219 cm³/mol. The predicted octanol–water partition coefficient (Wildman–Crippen LogP) is -3.11. The molecule has 2 saturated heterocycles. The van der Waals surface area contributed by atoms with Gasteiger partial charge in [0.15, 0.2) is 5.96 Å². The van der Waals surface area contributed by atoms with Crippen molar-refractivity contribution >= 4 is 47.4 Å². The van der Waals surface area contributed by atoms with Crippen molar-refractivity contribution in [2.24, 2.45) is 33.8 Å². The fourth-order valence-corrected chi connectivity index (χ4v) is 7.36. The molecule has 0 spiro atoms. The minimum atomic E-state index is -1.55. The number of nitrogens with two attached hydrogens (primary N) is 4. The van der Waals surface area contributed by atoms with Gasteiger partial charge in [0.2, 0.25) is 35.4 Å². The third-order valence-electron chi connectivity index (χ3n) is 11.0. The van der Waals surface area contributed by atoms with E-state index in [1.165, 1.54) is 23.1 Å². The minimum Gasteiger partial charge on any atom is -0.480 e. The van der Waals surface area contributed by atoms with Gasteiger partial charge in [-0.1, -0.05) is 20.3 Å². The first-order chi connectivity index (χ1) is 28.5. The van der Waals surface area contributed by atoms with Gasteiger partial charge < -0.3 is 69.2 Å². The molecule has 22 heteroatoms. The number of carbonyl (C=O) groups is 7. The molecule has 336 valence electrons. The highest BCUT2D eigenvalue weighted by atomic mass is 16.4. The number of aliphatic hydroxyl groups excluding tert-OH is 1. The van der Waals surface area contributed by atoms with Crippen molar-refractivity contribution < 1.29 is 43.8 Å². The Bertz CT molecular complexity index is 1640. The number of amides is 6. The Morgan fingerprint density at radius 2 is 1.52 bits per heavy atom. The molecule has 0 saturated carbocycles. The van der Waals surface area contributed by atoms with Crippen LogP contribution in [0.25, 0.3) is 0 Å². The van der Waals surface area contributed by atoms with Crippen LogP contribution in [0.15, 0.2) is 17.5 Å². The van der Waals surface area contributed by atoms with Crippen molar-refractivity contribution in [2.45, 2.75) is 140 Å². The molecule has 0 aliphatic carbocycles. The van der Waals surface area contributed by atoms with Crippen molar-refractivity contribution in [3.63, 3.8) is 0 Å². The van der Waals surface area contributed by atoms with Gasteiger partial charge in [-0.05, 0) is 77.2 Å². The minimum absolute atomic E-state index is 0.0333. The van der Waals surface area contributed by atoms with Crippen LogP contribution in [-0.2, 0) is 40.0 Å². The smallest absolute Gasteiger partial charge is 0.326 e. The van der Waals surface area contributed by atoms with Crippen LogP contribution in [0.1, 0.15) is 90.7 Å². The fraction of sp³-hybridized carbons (Fsp3) is 0.711. The zero-order valence-corrected chi connectivity index (χ0v) is 34.8. The monoisotopic (exact) mass is 848 g/mol. The molecule has 60 heavy (non-hydrogen) atoms. The Morgan fingerprint density at radius 1 is 0.883 bits per heavy atom. The zero-order valence-electron chi connectivity index (χ0n) is 34.8. The average Bonchev–Trinajstić information content (AvgIpc) is 4.01. The molecule has 6 amide bonds. The molecule has 9 atom stereocenters. The van der Waals surface area contributed by atoms with Crippen LogP contribution in [0.4, 0.5) is 0 Å². The molecule has 3 rings (SSSR count). The SMILES string of the molecule is CC[C@H](C)[C@H](NC(=O)[C@@H](N)Cc1cnc[nH]1)C(=O)N[C@@H](CCCCN)C(=O)N1CCC[C@H]1C(=O)N1CCC[C@H]1C(=O)N[C@H](C(=O)N[C@@H](CCCN=C(N)N)C(=O)O)[C@@H](C)O. The second-order valence-corrected chi connectivity index (χ2v) is 15.6. The molecule has 0 radical (unpaired) electrons. The van der Waals surface area contributed by atoms with E-state index in [0.717, 1.165) is 0 Å². The number of aliphatic imine (C=N–C) groups is 1. The van der Waals surface area contributed by atoms with Gasteiger partial charge in [0.05, 0.1) is 18.5 Å². The molecule has 15 N–H and O–H groups in total. The molecule has 2 aliphatic heterocycles. The van der Waals surface area contributed by atoms with Crippen molar-refractivity contribution in [3.05, 3.63) is 18.2 Å². The molecule has 1 aromatic heterocycles. The van der Waals surface area contributed by atoms with Crippen LogP contribution in [0.3, 0.4) is 0 Å². The molecule has 3 heterocycles. The zero-order chi connectivity index (χ0) is 44.5. The normalized spacial score (nSPS) is 19.8. The van der Waals surface area contributed by atoms with E-state index in [-0.39, 0.29) is 63.6 Å². The van der Waals surface area contributed by atoms with Crippen LogP contribution < -0.4 is 44.2 Å². The van der Waals surface area contributed by atoms with E-state index in [0.29, 0.717) is 50.8 Å². The number of imidazole rings is 1. The summed E-state index contributed by atoms with van der Waals surface area (Å²) in [6, 6.07) is -7.94. The third-order valence-corrected chi connectivity index (χ3v) is 11.0. The number of rotatable bonds is 24. The van der Waals surface area contributed by atoms with Gasteiger partial charge >= 0.3 is 5.97 Å². The second kappa shape index (κ2) is 24.0. The topological polar surface area (TPSA) is 360 Å². The summed E-state index contributed by atoms with van der Waals surface area (Å²) in [4.78, 5) is 108. The number of carboxylic acid groups (broad SMARTS) is 1. The van der Waals surface area contributed by atoms with Gasteiger partial charge in [-0.3, -0.25) is 33.8 Å². The summed E-state index contributed by atoms with van der Waals surface area (Å²) in [6.45, 7) is 5.82. The maximum absolute atomic E-state index is 14.3. The maximum atomic E-state index is 14.3. The number of unbranched alkanes of at least 4 members (excludes halogenated alkanes) is 1. The molecule has 0 unspecified atom stereocenters. The number of carboxylic acids is 1. The fourth-order valence-electron chi connectivity index (χ4n) is 7.36. The van der Waals surface area contributed by atoms with Crippen LogP contribution in [0, 0.1) is 5.92 Å². The van der Waals surface area contributed by atoms with Crippen LogP contribution in [-0.4, -0.2) is 152 Å². The number of H-pyrrole nitrogens is 1. The van der Waals surface area contributed by atoms with E-state index in [2.05, 4.69) is 36.2 Å². The third kappa shape index (κ3) is 14.1. The van der Waals surface area contributed by atoms with Gasteiger partial charge in [-0.15, -0.1) is 0 Å². The van der Waals surface area contributed by atoms with Crippen LogP contribution in [0.2, 0.25) is 0 Å². The number of likely N-dealkylation sites (tertiary alicyclic amines) is 2. The number of nitrogens with one attached hydrogen (secondary N) is 5. The quantitative estimate of drug-likeness (QED) is 0.0279. The maximum Gasteiger partial charge on any atom is 0.326 e. The van der Waals surface area contributed by atoms with Gasteiger partial charge in [-0.25, -0.2) is 9.78 Å². The number of hydrogen-bond donors (Lipinski definition) is 11. The number of aromatic amines is 1. The summed E-state index contributed by atoms with van der Waals surface area (Å²) in [7, 11) is 0.